The molecule has 0 aliphatic carbocycles. The number of nitrogens with zero attached hydrogens (tertiary/aromatic N) is 3. The molecule has 0 unspecified atom stereocenters. The van der Waals surface area contributed by atoms with Crippen LogP contribution in [0.25, 0.3) is 0 Å². The number of carbonyl (C=O) groups is 1. The van der Waals surface area contributed by atoms with Crippen molar-refractivity contribution in [2.75, 3.05) is 25.5 Å². The minimum Gasteiger partial charge on any atom is -0.352 e. The molecule has 0 aliphatic rings. The number of rotatable bonds is 6. The maximum absolute atomic E-state index is 12.1. The predicted molar refractivity (Wildman–Crippen MR) is 84.4 cm³/mol. The van der Waals surface area contributed by atoms with Crippen molar-refractivity contribution in [3.8, 4) is 0 Å². The van der Waals surface area contributed by atoms with E-state index in [1.165, 1.54) is 4.88 Å². The largest absolute Gasteiger partial charge is 0.352 e. The SMILES string of the molecule is C[C@@H](c1cccs1)N(C)C(=O)NCCNc1ncccn1. The maximum atomic E-state index is 12.1. The Morgan fingerprint density at radius 3 is 2.76 bits per heavy atom. The van der Waals surface area contributed by atoms with Crippen LogP contribution in [0.2, 0.25) is 0 Å². The van der Waals surface area contributed by atoms with Crippen LogP contribution in [0.3, 0.4) is 0 Å². The molecule has 0 bridgehead atoms. The zero-order valence-electron chi connectivity index (χ0n) is 12.1. The third-order valence-electron chi connectivity index (χ3n) is 3.11. The molecular weight excluding hydrogens is 286 g/mol. The first-order valence-corrected chi connectivity index (χ1v) is 7.61. The molecule has 0 radical (unpaired) electrons. The molecule has 6 nitrogen and oxygen atoms in total. The van der Waals surface area contributed by atoms with E-state index in [4.69, 9.17) is 0 Å². The van der Waals surface area contributed by atoms with Crippen molar-refractivity contribution in [2.24, 2.45) is 0 Å². The van der Waals surface area contributed by atoms with Gasteiger partial charge in [0.05, 0.1) is 6.04 Å². The molecule has 7 heteroatoms. The highest BCUT2D eigenvalue weighted by Gasteiger charge is 2.17. The summed E-state index contributed by atoms with van der Waals surface area (Å²) in [6.07, 6.45) is 3.34. The molecule has 2 amide bonds. The van der Waals surface area contributed by atoms with Crippen LogP contribution < -0.4 is 10.6 Å². The van der Waals surface area contributed by atoms with Crippen molar-refractivity contribution in [3.05, 3.63) is 40.8 Å². The standard InChI is InChI=1S/C14H19N5OS/c1-11(12-5-3-10-21-12)19(2)14(20)18-9-8-17-13-15-6-4-7-16-13/h3-7,10-11H,8-9H2,1-2H3,(H,18,20)(H,15,16,17)/t11-/m0/s1. The molecule has 0 aromatic carbocycles. The molecule has 2 aromatic heterocycles. The highest BCUT2D eigenvalue weighted by molar-refractivity contribution is 7.10. The van der Waals surface area contributed by atoms with Crippen LogP contribution in [-0.4, -0.2) is 41.0 Å². The second-order valence-electron chi connectivity index (χ2n) is 4.53. The summed E-state index contributed by atoms with van der Waals surface area (Å²) >= 11 is 1.65. The van der Waals surface area contributed by atoms with Gasteiger partial charge in [-0.15, -0.1) is 11.3 Å². The molecule has 2 heterocycles. The lowest BCUT2D eigenvalue weighted by Crippen LogP contribution is -2.40. The van der Waals surface area contributed by atoms with E-state index in [-0.39, 0.29) is 12.1 Å². The molecule has 112 valence electrons. The first-order chi connectivity index (χ1) is 10.2. The monoisotopic (exact) mass is 305 g/mol. The molecule has 0 saturated carbocycles. The van der Waals surface area contributed by atoms with Crippen LogP contribution in [0.1, 0.15) is 17.8 Å². The highest BCUT2D eigenvalue weighted by Crippen LogP contribution is 2.23. The van der Waals surface area contributed by atoms with E-state index in [2.05, 4.69) is 20.6 Å². The number of hydrogen-bond donors (Lipinski definition) is 2. The van der Waals surface area contributed by atoms with Gasteiger partial charge in [-0.3, -0.25) is 0 Å². The van der Waals surface area contributed by atoms with Gasteiger partial charge in [0.15, 0.2) is 0 Å². The zero-order valence-corrected chi connectivity index (χ0v) is 12.9. The molecule has 0 saturated heterocycles. The summed E-state index contributed by atoms with van der Waals surface area (Å²) in [5, 5.41) is 7.93. The van der Waals surface area contributed by atoms with Gasteiger partial charge in [0.2, 0.25) is 5.95 Å². The lowest BCUT2D eigenvalue weighted by atomic mass is 10.2. The predicted octanol–water partition coefficient (Wildman–Crippen LogP) is 2.35. The Kier molecular flexibility index (Phi) is 5.51. The van der Waals surface area contributed by atoms with Gasteiger partial charge >= 0.3 is 6.03 Å². The third kappa shape index (κ3) is 4.42. The lowest BCUT2D eigenvalue weighted by molar-refractivity contribution is 0.195. The fourth-order valence-corrected chi connectivity index (χ4v) is 2.58. The van der Waals surface area contributed by atoms with Gasteiger partial charge in [-0.25, -0.2) is 14.8 Å². The van der Waals surface area contributed by atoms with Crippen LogP contribution in [-0.2, 0) is 0 Å². The van der Waals surface area contributed by atoms with E-state index < -0.39 is 0 Å². The van der Waals surface area contributed by atoms with Crippen molar-refractivity contribution in [1.29, 1.82) is 0 Å². The Labute approximate surface area is 128 Å². The van der Waals surface area contributed by atoms with Gasteiger partial charge < -0.3 is 15.5 Å². The topological polar surface area (TPSA) is 70.2 Å². The number of aromatic nitrogens is 2. The zero-order chi connectivity index (χ0) is 15.1. The normalized spacial score (nSPS) is 11.7. The van der Waals surface area contributed by atoms with Crippen LogP contribution in [0.15, 0.2) is 36.0 Å². The quantitative estimate of drug-likeness (QED) is 0.804. The van der Waals surface area contributed by atoms with E-state index in [1.54, 1.807) is 41.7 Å². The van der Waals surface area contributed by atoms with Crippen molar-refractivity contribution >= 4 is 23.3 Å². The Morgan fingerprint density at radius 2 is 2.10 bits per heavy atom. The van der Waals surface area contributed by atoms with Crippen LogP contribution >= 0.6 is 11.3 Å². The number of thiophene rings is 1. The van der Waals surface area contributed by atoms with E-state index >= 15 is 0 Å². The maximum Gasteiger partial charge on any atom is 0.317 e. The fourth-order valence-electron chi connectivity index (χ4n) is 1.75. The van der Waals surface area contributed by atoms with Crippen molar-refractivity contribution in [3.63, 3.8) is 0 Å². The van der Waals surface area contributed by atoms with Crippen LogP contribution in [0, 0.1) is 0 Å². The minimum absolute atomic E-state index is 0.0652. The molecule has 2 aromatic rings. The Bertz CT molecular complexity index is 546. The van der Waals surface area contributed by atoms with Crippen molar-refractivity contribution < 1.29 is 4.79 Å². The number of urea groups is 1. The summed E-state index contributed by atoms with van der Waals surface area (Å²) in [5.41, 5.74) is 0. The van der Waals surface area contributed by atoms with Gasteiger partial charge in [-0.1, -0.05) is 6.07 Å². The third-order valence-corrected chi connectivity index (χ3v) is 4.15. The fraction of sp³-hybridized carbons (Fsp3) is 0.357. The van der Waals surface area contributed by atoms with Gasteiger partial charge in [-0.2, -0.15) is 0 Å². The van der Waals surface area contributed by atoms with Crippen molar-refractivity contribution in [1.82, 2.24) is 20.2 Å². The molecule has 2 rings (SSSR count). The summed E-state index contributed by atoms with van der Waals surface area (Å²) in [6, 6.07) is 5.76. The second kappa shape index (κ2) is 7.58. The van der Waals surface area contributed by atoms with Gasteiger partial charge in [0, 0.05) is 37.4 Å². The van der Waals surface area contributed by atoms with Gasteiger partial charge in [-0.05, 0) is 24.4 Å². The first kappa shape index (κ1) is 15.2. The Morgan fingerprint density at radius 1 is 1.33 bits per heavy atom. The molecule has 0 spiro atoms. The van der Waals surface area contributed by atoms with Crippen LogP contribution in [0.4, 0.5) is 10.7 Å². The number of anilines is 1. The van der Waals surface area contributed by atoms with E-state index in [0.29, 0.717) is 19.0 Å². The molecular formula is C14H19N5OS. The molecule has 2 N–H and O–H groups in total. The summed E-state index contributed by atoms with van der Waals surface area (Å²) in [5.74, 6) is 0.562. The molecule has 0 aliphatic heterocycles. The molecule has 21 heavy (non-hydrogen) atoms. The summed E-state index contributed by atoms with van der Waals surface area (Å²) < 4.78 is 0. The smallest absolute Gasteiger partial charge is 0.317 e. The average molecular weight is 305 g/mol. The van der Waals surface area contributed by atoms with Crippen molar-refractivity contribution in [2.45, 2.75) is 13.0 Å². The summed E-state index contributed by atoms with van der Waals surface area (Å²) in [6.45, 7) is 3.11. The van der Waals surface area contributed by atoms with E-state index in [9.17, 15) is 4.79 Å². The van der Waals surface area contributed by atoms with Gasteiger partial charge in [0.1, 0.15) is 0 Å². The summed E-state index contributed by atoms with van der Waals surface area (Å²) in [4.78, 5) is 23.0. The molecule has 1 atom stereocenters. The van der Waals surface area contributed by atoms with E-state index in [0.717, 1.165) is 0 Å². The van der Waals surface area contributed by atoms with Crippen LogP contribution in [0.5, 0.6) is 0 Å². The second-order valence-corrected chi connectivity index (χ2v) is 5.51. The summed E-state index contributed by atoms with van der Waals surface area (Å²) in [7, 11) is 1.80. The Hall–Kier alpha value is -2.15. The highest BCUT2D eigenvalue weighted by atomic mass is 32.1. The number of amides is 2. The number of hydrogen-bond acceptors (Lipinski definition) is 5. The molecule has 0 fully saturated rings. The average Bonchev–Trinajstić information content (AvgIpc) is 3.05. The lowest BCUT2D eigenvalue weighted by Gasteiger charge is -2.24. The Balaban J connectivity index is 1.72. The number of nitrogens with one attached hydrogen (secondary N) is 2. The minimum atomic E-state index is -0.0910. The number of carbonyl (C=O) groups excluding carboxylic acids is 1. The van der Waals surface area contributed by atoms with E-state index in [1.807, 2.05) is 24.4 Å². The first-order valence-electron chi connectivity index (χ1n) is 6.73. The van der Waals surface area contributed by atoms with Gasteiger partial charge in [0.25, 0.3) is 0 Å².